The van der Waals surface area contributed by atoms with Crippen molar-refractivity contribution >= 4 is 29.1 Å². The number of hydrogen-bond donors (Lipinski definition) is 1. The van der Waals surface area contributed by atoms with Crippen LogP contribution in [0.5, 0.6) is 0 Å². The molecule has 0 saturated carbocycles. The summed E-state index contributed by atoms with van der Waals surface area (Å²) in [4.78, 5) is 19.1. The molecule has 1 aromatic carbocycles. The van der Waals surface area contributed by atoms with E-state index in [4.69, 9.17) is 4.74 Å². The second kappa shape index (κ2) is 8.89. The summed E-state index contributed by atoms with van der Waals surface area (Å²) >= 11 is 1.35. The Bertz CT molecular complexity index is 998. The van der Waals surface area contributed by atoms with E-state index in [0.29, 0.717) is 10.9 Å². The predicted octanol–water partition coefficient (Wildman–Crippen LogP) is 2.30. The van der Waals surface area contributed by atoms with Gasteiger partial charge in [-0.2, -0.15) is 0 Å². The van der Waals surface area contributed by atoms with Gasteiger partial charge in [-0.3, -0.25) is 14.1 Å². The molecule has 9 heteroatoms. The zero-order valence-electron chi connectivity index (χ0n) is 16.6. The highest BCUT2D eigenvalue weighted by atomic mass is 32.2. The Morgan fingerprint density at radius 2 is 1.93 bits per heavy atom. The Hall–Kier alpha value is -2.49. The number of fused-ring (bicyclic) bond motifs is 1. The van der Waals surface area contributed by atoms with Gasteiger partial charge in [-0.15, -0.1) is 10.2 Å². The molecule has 1 saturated heterocycles. The molecular formula is C20H24N6O2S. The van der Waals surface area contributed by atoms with E-state index in [0.717, 1.165) is 49.9 Å². The number of carbonyl (C=O) groups is 1. The second-order valence-corrected chi connectivity index (χ2v) is 8.02. The average Bonchev–Trinajstić information content (AvgIpc) is 3.12. The normalized spacial score (nSPS) is 15.0. The van der Waals surface area contributed by atoms with Gasteiger partial charge in [-0.25, -0.2) is 4.98 Å². The fourth-order valence-electron chi connectivity index (χ4n) is 3.33. The number of nitrogens with one attached hydrogen (secondary N) is 1. The van der Waals surface area contributed by atoms with Crippen molar-refractivity contribution in [1.29, 1.82) is 0 Å². The Kier molecular flexibility index (Phi) is 6.08. The molecule has 4 rings (SSSR count). The number of anilines is 1. The van der Waals surface area contributed by atoms with Crippen molar-refractivity contribution < 1.29 is 9.53 Å². The molecule has 0 spiro atoms. The van der Waals surface area contributed by atoms with Crippen LogP contribution in [0.25, 0.3) is 5.78 Å². The maximum Gasteiger partial charge on any atom is 0.256 e. The van der Waals surface area contributed by atoms with E-state index in [1.807, 2.05) is 36.4 Å². The van der Waals surface area contributed by atoms with Crippen molar-refractivity contribution in [1.82, 2.24) is 24.5 Å². The zero-order valence-corrected chi connectivity index (χ0v) is 17.4. The van der Waals surface area contributed by atoms with Crippen molar-refractivity contribution in [3.63, 3.8) is 0 Å². The second-order valence-electron chi connectivity index (χ2n) is 7.08. The molecule has 3 heterocycles. The van der Waals surface area contributed by atoms with E-state index in [1.165, 1.54) is 17.3 Å². The molecule has 29 heavy (non-hydrogen) atoms. The lowest BCUT2D eigenvalue weighted by Gasteiger charge is -2.26. The highest BCUT2D eigenvalue weighted by Gasteiger charge is 2.13. The standard InChI is InChI=1S/C20H24N6O2S/c1-14-11-15(2)26-19(21-14)23-24-20(26)29-13-18(27)22-17-5-3-16(4-6-17)12-25-7-9-28-10-8-25/h3-6,11H,7-10,12-13H2,1-2H3,(H,22,27). The van der Waals surface area contributed by atoms with Crippen LogP contribution in [0.3, 0.4) is 0 Å². The van der Waals surface area contributed by atoms with Crippen molar-refractivity contribution in [2.45, 2.75) is 25.5 Å². The number of aryl methyl sites for hydroxylation is 2. The van der Waals surface area contributed by atoms with Crippen LogP contribution >= 0.6 is 11.8 Å². The molecule has 1 aliphatic rings. The minimum absolute atomic E-state index is 0.0783. The lowest BCUT2D eigenvalue weighted by molar-refractivity contribution is -0.113. The quantitative estimate of drug-likeness (QED) is 0.622. The summed E-state index contributed by atoms with van der Waals surface area (Å²) in [7, 11) is 0. The van der Waals surface area contributed by atoms with Crippen LogP contribution in [0.2, 0.25) is 0 Å². The molecule has 152 valence electrons. The highest BCUT2D eigenvalue weighted by Crippen LogP contribution is 2.19. The molecule has 0 unspecified atom stereocenters. The first kappa shape index (κ1) is 19.8. The number of rotatable bonds is 6. The molecule has 0 bridgehead atoms. The molecule has 2 aromatic heterocycles. The van der Waals surface area contributed by atoms with E-state index < -0.39 is 0 Å². The summed E-state index contributed by atoms with van der Waals surface area (Å²) in [6.07, 6.45) is 0. The van der Waals surface area contributed by atoms with Crippen LogP contribution in [-0.4, -0.2) is 62.4 Å². The largest absolute Gasteiger partial charge is 0.379 e. The maximum absolute atomic E-state index is 12.4. The molecule has 0 radical (unpaired) electrons. The number of carbonyl (C=O) groups excluding carboxylic acids is 1. The number of benzene rings is 1. The fourth-order valence-corrected chi connectivity index (χ4v) is 4.12. The van der Waals surface area contributed by atoms with Crippen LogP contribution in [0.4, 0.5) is 5.69 Å². The van der Waals surface area contributed by atoms with Crippen LogP contribution in [-0.2, 0) is 16.1 Å². The molecule has 1 aliphatic heterocycles. The first-order chi connectivity index (χ1) is 14.1. The number of aromatic nitrogens is 4. The SMILES string of the molecule is Cc1cc(C)n2c(SCC(=O)Nc3ccc(CN4CCOCC4)cc3)nnc2n1. The van der Waals surface area contributed by atoms with Gasteiger partial charge in [0.05, 0.1) is 19.0 Å². The van der Waals surface area contributed by atoms with Crippen LogP contribution in [0.15, 0.2) is 35.5 Å². The third-order valence-corrected chi connectivity index (χ3v) is 5.67. The fraction of sp³-hybridized carbons (Fsp3) is 0.400. The molecule has 8 nitrogen and oxygen atoms in total. The molecule has 1 amide bonds. The number of morpholine rings is 1. The van der Waals surface area contributed by atoms with Gasteiger partial charge in [0.2, 0.25) is 5.91 Å². The van der Waals surface area contributed by atoms with E-state index in [9.17, 15) is 4.79 Å². The average molecular weight is 413 g/mol. The number of amides is 1. The van der Waals surface area contributed by atoms with Crippen molar-refractivity contribution in [2.24, 2.45) is 0 Å². The number of nitrogens with zero attached hydrogens (tertiary/aromatic N) is 5. The lowest BCUT2D eigenvalue weighted by atomic mass is 10.2. The van der Waals surface area contributed by atoms with E-state index in [-0.39, 0.29) is 11.7 Å². The van der Waals surface area contributed by atoms with E-state index in [2.05, 4.69) is 37.5 Å². The summed E-state index contributed by atoms with van der Waals surface area (Å²) in [5.74, 6) is 0.732. The van der Waals surface area contributed by atoms with Crippen LogP contribution < -0.4 is 5.32 Å². The number of ether oxygens (including phenoxy) is 1. The third kappa shape index (κ3) is 4.92. The summed E-state index contributed by atoms with van der Waals surface area (Å²) in [6.45, 7) is 8.32. The van der Waals surface area contributed by atoms with Gasteiger partial charge in [0.25, 0.3) is 5.78 Å². The molecule has 0 atom stereocenters. The highest BCUT2D eigenvalue weighted by molar-refractivity contribution is 7.99. The minimum Gasteiger partial charge on any atom is -0.379 e. The third-order valence-electron chi connectivity index (χ3n) is 4.74. The Balaban J connectivity index is 1.32. The topological polar surface area (TPSA) is 84.7 Å². The van der Waals surface area contributed by atoms with Crippen LogP contribution in [0.1, 0.15) is 17.0 Å². The zero-order chi connectivity index (χ0) is 20.2. The Morgan fingerprint density at radius 3 is 2.69 bits per heavy atom. The smallest absolute Gasteiger partial charge is 0.256 e. The first-order valence-electron chi connectivity index (χ1n) is 9.59. The predicted molar refractivity (Wildman–Crippen MR) is 112 cm³/mol. The van der Waals surface area contributed by atoms with Crippen LogP contribution in [0, 0.1) is 13.8 Å². The van der Waals surface area contributed by atoms with Gasteiger partial charge in [0, 0.05) is 36.7 Å². The van der Waals surface area contributed by atoms with Gasteiger partial charge in [-0.1, -0.05) is 23.9 Å². The molecule has 1 N–H and O–H groups in total. The van der Waals surface area contributed by atoms with Gasteiger partial charge in [0.15, 0.2) is 5.16 Å². The molecule has 0 aliphatic carbocycles. The summed E-state index contributed by atoms with van der Waals surface area (Å²) in [5, 5.41) is 11.9. The van der Waals surface area contributed by atoms with Gasteiger partial charge in [0.1, 0.15) is 0 Å². The Labute approximate surface area is 173 Å². The first-order valence-corrected chi connectivity index (χ1v) is 10.6. The van der Waals surface area contributed by atoms with Crippen molar-refractivity contribution in [3.05, 3.63) is 47.3 Å². The monoisotopic (exact) mass is 412 g/mol. The van der Waals surface area contributed by atoms with Gasteiger partial charge >= 0.3 is 0 Å². The minimum atomic E-state index is -0.0783. The molecule has 1 fully saturated rings. The summed E-state index contributed by atoms with van der Waals surface area (Å²) < 4.78 is 7.25. The van der Waals surface area contributed by atoms with E-state index in [1.54, 1.807) is 0 Å². The summed E-state index contributed by atoms with van der Waals surface area (Å²) in [6, 6.07) is 9.98. The van der Waals surface area contributed by atoms with Crippen molar-refractivity contribution in [3.8, 4) is 0 Å². The van der Waals surface area contributed by atoms with Gasteiger partial charge in [-0.05, 0) is 37.6 Å². The van der Waals surface area contributed by atoms with E-state index >= 15 is 0 Å². The van der Waals surface area contributed by atoms with Crippen molar-refractivity contribution in [2.75, 3.05) is 37.4 Å². The Morgan fingerprint density at radius 1 is 1.17 bits per heavy atom. The summed E-state index contributed by atoms with van der Waals surface area (Å²) in [5.41, 5.74) is 3.92. The number of hydrogen-bond acceptors (Lipinski definition) is 7. The number of thioether (sulfide) groups is 1. The maximum atomic E-state index is 12.4. The molecule has 3 aromatic rings. The lowest BCUT2D eigenvalue weighted by Crippen LogP contribution is -2.35. The molecular weight excluding hydrogens is 388 g/mol. The van der Waals surface area contributed by atoms with Gasteiger partial charge < -0.3 is 10.1 Å².